The van der Waals surface area contributed by atoms with Crippen LogP contribution in [0.1, 0.15) is 13.8 Å². The van der Waals surface area contributed by atoms with Crippen LogP contribution in [0.2, 0.25) is 0 Å². The van der Waals surface area contributed by atoms with Crippen LogP contribution in [0, 0.1) is 0 Å². The molecule has 2 saturated heterocycles. The number of hydrogen-bond acceptors (Lipinski definition) is 5. The third-order valence-corrected chi connectivity index (χ3v) is 5.39. The third-order valence-electron chi connectivity index (χ3n) is 3.59. The van der Waals surface area contributed by atoms with Gasteiger partial charge in [0.15, 0.2) is 9.84 Å². The monoisotopic (exact) mass is 275 g/mol. The Bertz CT molecular complexity index is 415. The van der Waals surface area contributed by atoms with E-state index in [9.17, 15) is 13.2 Å². The average Bonchev–Trinajstić information content (AvgIpc) is 2.28. The molecule has 2 rings (SSSR count). The van der Waals surface area contributed by atoms with Gasteiger partial charge in [-0.1, -0.05) is 0 Å². The number of nitrogens with zero attached hydrogens (tertiary/aromatic N) is 1. The van der Waals surface area contributed by atoms with E-state index in [0.717, 1.165) is 6.54 Å². The molecule has 2 heterocycles. The lowest BCUT2D eigenvalue weighted by molar-refractivity contribution is -0.135. The van der Waals surface area contributed by atoms with Gasteiger partial charge in [0.05, 0.1) is 17.5 Å². The minimum Gasteiger partial charge on any atom is -0.337 e. The van der Waals surface area contributed by atoms with Crippen LogP contribution >= 0.6 is 0 Å². The van der Waals surface area contributed by atoms with Crippen molar-refractivity contribution < 1.29 is 13.2 Å². The maximum Gasteiger partial charge on any atom is 0.241 e. The zero-order chi connectivity index (χ0) is 13.3. The molecule has 2 aliphatic rings. The highest BCUT2D eigenvalue weighted by molar-refractivity contribution is 7.91. The van der Waals surface area contributed by atoms with Crippen molar-refractivity contribution >= 4 is 15.7 Å². The maximum atomic E-state index is 12.3. The van der Waals surface area contributed by atoms with Gasteiger partial charge < -0.3 is 15.5 Å². The lowest BCUT2D eigenvalue weighted by Crippen LogP contribution is -2.62. The molecule has 2 N–H and O–H groups in total. The van der Waals surface area contributed by atoms with E-state index in [1.165, 1.54) is 0 Å². The first-order valence-corrected chi connectivity index (χ1v) is 8.19. The molecule has 18 heavy (non-hydrogen) atoms. The number of carbonyl (C=O) groups excluding carboxylic acids is 1. The van der Waals surface area contributed by atoms with Gasteiger partial charge in [0.1, 0.15) is 0 Å². The SMILES string of the molecule is CC1CNC(C(=O)N2CCS(=O)(=O)CC2C)CN1. The Hall–Kier alpha value is -0.660. The molecular weight excluding hydrogens is 254 g/mol. The van der Waals surface area contributed by atoms with Gasteiger partial charge in [-0.15, -0.1) is 0 Å². The van der Waals surface area contributed by atoms with Crippen molar-refractivity contribution in [1.29, 1.82) is 0 Å². The summed E-state index contributed by atoms with van der Waals surface area (Å²) in [4.78, 5) is 14.0. The quantitative estimate of drug-likeness (QED) is 0.614. The van der Waals surface area contributed by atoms with Crippen molar-refractivity contribution in [3.63, 3.8) is 0 Å². The molecule has 6 nitrogen and oxygen atoms in total. The van der Waals surface area contributed by atoms with Crippen molar-refractivity contribution in [2.24, 2.45) is 0 Å². The first-order valence-electron chi connectivity index (χ1n) is 6.37. The predicted octanol–water partition coefficient (Wildman–Crippen LogP) is -1.42. The van der Waals surface area contributed by atoms with Crippen LogP contribution in [0.15, 0.2) is 0 Å². The fraction of sp³-hybridized carbons (Fsp3) is 0.909. The van der Waals surface area contributed by atoms with E-state index >= 15 is 0 Å². The highest BCUT2D eigenvalue weighted by Crippen LogP contribution is 2.13. The molecule has 3 unspecified atom stereocenters. The molecule has 0 spiro atoms. The molecule has 0 aromatic carbocycles. The lowest BCUT2D eigenvalue weighted by Gasteiger charge is -2.37. The van der Waals surface area contributed by atoms with Crippen LogP contribution in [0.25, 0.3) is 0 Å². The minimum atomic E-state index is -2.97. The summed E-state index contributed by atoms with van der Waals surface area (Å²) in [6.07, 6.45) is 0. The number of piperazine rings is 1. The summed E-state index contributed by atoms with van der Waals surface area (Å²) in [5.41, 5.74) is 0. The molecule has 0 radical (unpaired) electrons. The number of nitrogens with one attached hydrogen (secondary N) is 2. The van der Waals surface area contributed by atoms with E-state index in [1.807, 2.05) is 0 Å². The Kier molecular flexibility index (Phi) is 3.93. The minimum absolute atomic E-state index is 0.0109. The first-order chi connectivity index (χ1) is 8.39. The summed E-state index contributed by atoms with van der Waals surface area (Å²) >= 11 is 0. The van der Waals surface area contributed by atoms with Gasteiger partial charge in [0.25, 0.3) is 0 Å². The molecule has 1 amide bonds. The Labute approximate surface area is 108 Å². The summed E-state index contributed by atoms with van der Waals surface area (Å²) in [6.45, 7) is 5.54. The van der Waals surface area contributed by atoms with Crippen LogP contribution < -0.4 is 10.6 Å². The van der Waals surface area contributed by atoms with Crippen LogP contribution in [0.4, 0.5) is 0 Å². The molecule has 2 fully saturated rings. The number of rotatable bonds is 1. The Morgan fingerprint density at radius 3 is 2.50 bits per heavy atom. The summed E-state index contributed by atoms with van der Waals surface area (Å²) < 4.78 is 23.0. The summed E-state index contributed by atoms with van der Waals surface area (Å²) in [6, 6.07) is -0.0879. The number of amides is 1. The molecule has 0 bridgehead atoms. The molecule has 2 aliphatic heterocycles. The molecule has 3 atom stereocenters. The van der Waals surface area contributed by atoms with E-state index in [0.29, 0.717) is 19.1 Å². The number of carbonyl (C=O) groups is 1. The highest BCUT2D eigenvalue weighted by atomic mass is 32.2. The lowest BCUT2D eigenvalue weighted by atomic mass is 10.1. The van der Waals surface area contributed by atoms with Gasteiger partial charge in [-0.25, -0.2) is 8.42 Å². The van der Waals surface area contributed by atoms with Gasteiger partial charge in [-0.05, 0) is 13.8 Å². The maximum absolute atomic E-state index is 12.3. The fourth-order valence-electron chi connectivity index (χ4n) is 2.48. The van der Waals surface area contributed by atoms with Gasteiger partial charge in [0, 0.05) is 31.7 Å². The van der Waals surface area contributed by atoms with Gasteiger partial charge in [-0.2, -0.15) is 0 Å². The Morgan fingerprint density at radius 1 is 1.22 bits per heavy atom. The highest BCUT2D eigenvalue weighted by Gasteiger charge is 2.35. The number of sulfone groups is 1. The average molecular weight is 275 g/mol. The third kappa shape index (κ3) is 3.02. The normalized spacial score (nSPS) is 36.3. The van der Waals surface area contributed by atoms with E-state index in [-0.39, 0.29) is 29.5 Å². The van der Waals surface area contributed by atoms with Crippen LogP contribution in [0.3, 0.4) is 0 Å². The van der Waals surface area contributed by atoms with Gasteiger partial charge in [0.2, 0.25) is 5.91 Å². The standard InChI is InChI=1S/C11H21N3O3S/c1-8-5-13-10(6-12-8)11(15)14-3-4-18(16,17)7-9(14)2/h8-10,12-13H,3-7H2,1-2H3. The van der Waals surface area contributed by atoms with E-state index in [1.54, 1.807) is 11.8 Å². The van der Waals surface area contributed by atoms with Gasteiger partial charge >= 0.3 is 0 Å². The van der Waals surface area contributed by atoms with Crippen LogP contribution in [-0.2, 0) is 14.6 Å². The molecule has 0 aliphatic carbocycles. The van der Waals surface area contributed by atoms with E-state index in [4.69, 9.17) is 0 Å². The van der Waals surface area contributed by atoms with Crippen molar-refractivity contribution in [2.75, 3.05) is 31.1 Å². The summed E-state index contributed by atoms with van der Waals surface area (Å²) in [5.74, 6) is 0.173. The zero-order valence-corrected chi connectivity index (χ0v) is 11.7. The largest absolute Gasteiger partial charge is 0.337 e. The smallest absolute Gasteiger partial charge is 0.241 e. The second-order valence-corrected chi connectivity index (χ2v) is 7.49. The van der Waals surface area contributed by atoms with Crippen LogP contribution in [-0.4, -0.2) is 68.5 Å². The van der Waals surface area contributed by atoms with Crippen molar-refractivity contribution in [1.82, 2.24) is 15.5 Å². The number of hydrogen-bond donors (Lipinski definition) is 2. The fourth-order valence-corrected chi connectivity index (χ4v) is 4.04. The molecular formula is C11H21N3O3S. The predicted molar refractivity (Wildman–Crippen MR) is 69.1 cm³/mol. The molecule has 0 aromatic heterocycles. The van der Waals surface area contributed by atoms with Crippen molar-refractivity contribution in [3.8, 4) is 0 Å². The molecule has 7 heteroatoms. The van der Waals surface area contributed by atoms with E-state index < -0.39 is 9.84 Å². The second-order valence-electron chi connectivity index (χ2n) is 5.27. The molecule has 0 saturated carbocycles. The topological polar surface area (TPSA) is 78.5 Å². The second kappa shape index (κ2) is 5.14. The van der Waals surface area contributed by atoms with Crippen molar-refractivity contribution in [2.45, 2.75) is 32.0 Å². The molecule has 0 aromatic rings. The van der Waals surface area contributed by atoms with Crippen molar-refractivity contribution in [3.05, 3.63) is 0 Å². The summed E-state index contributed by atoms with van der Waals surface area (Å²) in [7, 11) is -2.97. The Balaban J connectivity index is 1.97. The first kappa shape index (κ1) is 13.8. The Morgan fingerprint density at radius 2 is 1.94 bits per heavy atom. The van der Waals surface area contributed by atoms with Gasteiger partial charge in [-0.3, -0.25) is 4.79 Å². The molecule has 104 valence electrons. The van der Waals surface area contributed by atoms with Crippen LogP contribution in [0.5, 0.6) is 0 Å². The van der Waals surface area contributed by atoms with E-state index in [2.05, 4.69) is 17.6 Å². The zero-order valence-electron chi connectivity index (χ0n) is 10.8. The summed E-state index contributed by atoms with van der Waals surface area (Å²) in [5, 5.41) is 6.46.